The number of nitrogens with zero attached hydrogens (tertiary/aromatic N) is 4. The van der Waals surface area contributed by atoms with E-state index in [1.165, 1.54) is 37.3 Å². The molecule has 19 heteroatoms. The zero-order chi connectivity index (χ0) is 34.9. The molecule has 0 aliphatic carbocycles. The van der Waals surface area contributed by atoms with Gasteiger partial charge in [-0.05, 0) is 30.7 Å². The van der Waals surface area contributed by atoms with Crippen molar-refractivity contribution >= 4 is 34.1 Å². The molecule has 1 saturated heterocycles. The summed E-state index contributed by atoms with van der Waals surface area (Å²) in [7, 11) is 1.24. The Morgan fingerprint density at radius 1 is 1.02 bits per heavy atom. The number of aliphatic hydroxyl groups is 6. The normalized spacial score (nSPS) is 17.7. The van der Waals surface area contributed by atoms with Gasteiger partial charge < -0.3 is 49.7 Å². The number of halogens is 4. The molecule has 258 valence electrons. The van der Waals surface area contributed by atoms with E-state index in [2.05, 4.69) is 4.98 Å². The van der Waals surface area contributed by atoms with E-state index in [4.69, 9.17) is 25.8 Å². The van der Waals surface area contributed by atoms with E-state index in [0.717, 1.165) is 23.5 Å². The van der Waals surface area contributed by atoms with Crippen LogP contribution in [0.4, 0.5) is 24.7 Å². The van der Waals surface area contributed by atoms with Crippen LogP contribution in [-0.2, 0) is 22.3 Å². The molecule has 4 rings (SSSR count). The van der Waals surface area contributed by atoms with Crippen molar-refractivity contribution in [1.82, 2.24) is 9.88 Å². The Morgan fingerprint density at radius 2 is 1.70 bits per heavy atom. The summed E-state index contributed by atoms with van der Waals surface area (Å²) in [5.41, 5.74) is -1.45. The van der Waals surface area contributed by atoms with Gasteiger partial charge in [0.15, 0.2) is 16.8 Å². The zero-order valence-corrected chi connectivity index (χ0v) is 26.7. The predicted molar refractivity (Wildman–Crippen MR) is 160 cm³/mol. The first kappa shape index (κ1) is 36.5. The van der Waals surface area contributed by atoms with Crippen LogP contribution in [-0.4, -0.2) is 103 Å². The van der Waals surface area contributed by atoms with Crippen LogP contribution in [0.2, 0.25) is 5.02 Å². The van der Waals surface area contributed by atoms with Gasteiger partial charge in [-0.2, -0.15) is 4.39 Å². The van der Waals surface area contributed by atoms with E-state index >= 15 is 8.78 Å². The molecular formula is C28H32ClF3N4O10S. The van der Waals surface area contributed by atoms with Gasteiger partial charge in [0.05, 0.1) is 26.5 Å². The maximum Gasteiger partial charge on any atom is 0.352 e. The molecule has 1 unspecified atom stereocenters. The third-order valence-corrected chi connectivity index (χ3v) is 9.30. The standard InChI is InChI=1S/C28H32ClF3N4O10S/c1-44-17-8-7-16(20(11-17)45-2)13-35(22-6-4-5-21(31)33-22)47(43)25-18(30)12-19(23(29)24(25)32)34-10-9-26(14-34,46-3)15-36(27(37,38)39)28(40,41)42/h4-8,11-12,37-42H,9-10,13-15H2,1-3H3/t26-,47?/m0/s1. The smallest absolute Gasteiger partial charge is 0.352 e. The Hall–Kier alpha value is -3.30. The van der Waals surface area contributed by atoms with Gasteiger partial charge >= 0.3 is 12.2 Å². The SMILES string of the molecule is COc1ccc(CN(c2cccc(F)n2)S(=O)c2c(F)cc(N3CC[C@](CN(C(O)(O)O)C(O)(O)O)(OC)C3)c(Cl)c2F)c(OC)c1. The minimum atomic E-state index is -3.92. The van der Waals surface area contributed by atoms with Crippen molar-refractivity contribution in [2.24, 2.45) is 0 Å². The fourth-order valence-electron chi connectivity index (χ4n) is 5.08. The van der Waals surface area contributed by atoms with Gasteiger partial charge in [-0.3, -0.25) is 4.31 Å². The summed E-state index contributed by atoms with van der Waals surface area (Å²) in [6.45, 7) is -1.62. The number of anilines is 2. The third kappa shape index (κ3) is 7.89. The van der Waals surface area contributed by atoms with E-state index in [1.54, 1.807) is 12.1 Å². The Morgan fingerprint density at radius 3 is 2.28 bits per heavy atom. The molecule has 1 aliphatic heterocycles. The second-order valence-corrected chi connectivity index (χ2v) is 12.2. The van der Waals surface area contributed by atoms with Gasteiger partial charge in [-0.25, -0.2) is 18.0 Å². The molecule has 1 fully saturated rings. The minimum Gasteiger partial charge on any atom is -0.497 e. The van der Waals surface area contributed by atoms with Crippen molar-refractivity contribution in [3.05, 3.63) is 70.6 Å². The van der Waals surface area contributed by atoms with Crippen LogP contribution in [0.5, 0.6) is 11.5 Å². The highest BCUT2D eigenvalue weighted by Gasteiger charge is 2.51. The molecule has 3 aromatic rings. The molecule has 0 spiro atoms. The summed E-state index contributed by atoms with van der Waals surface area (Å²) in [6, 6.07) is 9.06. The number of aromatic nitrogens is 1. The molecule has 1 aliphatic rings. The highest BCUT2D eigenvalue weighted by molar-refractivity contribution is 7.86. The maximum atomic E-state index is 16.0. The first-order chi connectivity index (χ1) is 21.9. The van der Waals surface area contributed by atoms with E-state index in [0.29, 0.717) is 11.3 Å². The van der Waals surface area contributed by atoms with Crippen molar-refractivity contribution in [2.45, 2.75) is 35.7 Å². The van der Waals surface area contributed by atoms with Crippen LogP contribution in [0.25, 0.3) is 0 Å². The number of hydrogen-bond acceptors (Lipinski definition) is 13. The van der Waals surface area contributed by atoms with Crippen molar-refractivity contribution < 1.29 is 62.2 Å². The number of rotatable bonds is 13. The molecular weight excluding hydrogens is 677 g/mol. The van der Waals surface area contributed by atoms with Gasteiger partial charge in [-0.15, -0.1) is 4.90 Å². The predicted octanol–water partition coefficient (Wildman–Crippen LogP) is 0.973. The lowest BCUT2D eigenvalue weighted by Crippen LogP contribution is -2.65. The topological polar surface area (TPSA) is 189 Å². The van der Waals surface area contributed by atoms with Crippen LogP contribution in [0.1, 0.15) is 12.0 Å². The average Bonchev–Trinajstić information content (AvgIpc) is 3.44. The van der Waals surface area contributed by atoms with Crippen molar-refractivity contribution in [1.29, 1.82) is 0 Å². The molecule has 6 N–H and O–H groups in total. The fraction of sp³-hybridized carbons (Fsp3) is 0.393. The van der Waals surface area contributed by atoms with E-state index in [1.807, 2.05) is 0 Å². The number of methoxy groups -OCH3 is 3. The van der Waals surface area contributed by atoms with Gasteiger partial charge in [0.25, 0.3) is 0 Å². The van der Waals surface area contributed by atoms with Crippen LogP contribution in [0, 0.1) is 17.6 Å². The Balaban J connectivity index is 1.71. The minimum absolute atomic E-state index is 0.0517. The van der Waals surface area contributed by atoms with Gasteiger partial charge in [0.2, 0.25) is 5.95 Å². The Bertz CT molecular complexity index is 1620. The largest absolute Gasteiger partial charge is 0.497 e. The van der Waals surface area contributed by atoms with E-state index in [9.17, 15) is 39.2 Å². The van der Waals surface area contributed by atoms with Crippen molar-refractivity contribution in [2.75, 3.05) is 50.2 Å². The van der Waals surface area contributed by atoms with E-state index in [-0.39, 0.29) is 48.2 Å². The number of pyridine rings is 1. The van der Waals surface area contributed by atoms with Gasteiger partial charge in [-0.1, -0.05) is 17.7 Å². The van der Waals surface area contributed by atoms with Crippen molar-refractivity contribution in [3.63, 3.8) is 0 Å². The quantitative estimate of drug-likeness (QED) is 0.0839. The molecule has 2 atom stereocenters. The highest BCUT2D eigenvalue weighted by atomic mass is 35.5. The Labute approximate surface area is 273 Å². The van der Waals surface area contributed by atoms with Gasteiger partial charge in [0.1, 0.15) is 38.7 Å². The van der Waals surface area contributed by atoms with Crippen molar-refractivity contribution in [3.8, 4) is 11.5 Å². The van der Waals surface area contributed by atoms with E-state index < -0.39 is 62.8 Å². The molecule has 2 aromatic carbocycles. The van der Waals surface area contributed by atoms with Crippen LogP contribution in [0.3, 0.4) is 0 Å². The lowest BCUT2D eigenvalue weighted by atomic mass is 10.0. The summed E-state index contributed by atoms with van der Waals surface area (Å²) in [4.78, 5) is 3.76. The molecule has 2 heterocycles. The number of hydrogen-bond donors (Lipinski definition) is 6. The molecule has 1 aromatic heterocycles. The molecule has 14 nitrogen and oxygen atoms in total. The molecule has 0 radical (unpaired) electrons. The third-order valence-electron chi connectivity index (χ3n) is 7.50. The molecule has 0 bridgehead atoms. The molecule has 47 heavy (non-hydrogen) atoms. The first-order valence-corrected chi connectivity index (χ1v) is 15.1. The lowest BCUT2D eigenvalue weighted by molar-refractivity contribution is -0.513. The summed E-state index contributed by atoms with van der Waals surface area (Å²) >= 11 is 6.36. The monoisotopic (exact) mass is 708 g/mol. The first-order valence-electron chi connectivity index (χ1n) is 13.6. The number of ether oxygens (including phenoxy) is 3. The molecule has 0 amide bonds. The summed E-state index contributed by atoms with van der Waals surface area (Å²) in [5.74, 6) is -3.19. The molecule has 0 saturated carbocycles. The lowest BCUT2D eigenvalue weighted by Gasteiger charge is -2.41. The average molecular weight is 709 g/mol. The fourth-order valence-corrected chi connectivity index (χ4v) is 6.63. The second kappa shape index (κ2) is 14.0. The van der Waals surface area contributed by atoms with Crippen LogP contribution >= 0.6 is 11.6 Å². The van der Waals surface area contributed by atoms with Gasteiger partial charge in [0, 0.05) is 44.4 Å². The summed E-state index contributed by atoms with van der Waals surface area (Å²) < 4.78 is 76.9. The summed E-state index contributed by atoms with van der Waals surface area (Å²) in [5, 5.41) is 56.6. The Kier molecular flexibility index (Phi) is 10.9. The summed E-state index contributed by atoms with van der Waals surface area (Å²) in [6.07, 6.45) is -7.91. The second-order valence-electron chi connectivity index (χ2n) is 10.5. The zero-order valence-electron chi connectivity index (χ0n) is 25.1. The maximum absolute atomic E-state index is 16.0. The van der Waals surface area contributed by atoms with Crippen LogP contribution < -0.4 is 18.7 Å². The van der Waals surface area contributed by atoms with Crippen LogP contribution in [0.15, 0.2) is 47.4 Å². The highest BCUT2D eigenvalue weighted by Crippen LogP contribution is 2.40. The number of benzene rings is 2.